The number of aromatic nitrogens is 1. The summed E-state index contributed by atoms with van der Waals surface area (Å²) in [5, 5.41) is 15.2. The summed E-state index contributed by atoms with van der Waals surface area (Å²) in [6.45, 7) is 0. The van der Waals surface area contributed by atoms with Gasteiger partial charge in [0.25, 0.3) is 0 Å². The second-order valence-corrected chi connectivity index (χ2v) is 7.56. The van der Waals surface area contributed by atoms with Crippen LogP contribution in [-0.4, -0.2) is 4.98 Å². The highest BCUT2D eigenvalue weighted by molar-refractivity contribution is 9.10. The van der Waals surface area contributed by atoms with Crippen LogP contribution in [-0.2, 0) is 0 Å². The van der Waals surface area contributed by atoms with Crippen LogP contribution in [0.3, 0.4) is 0 Å². The molecule has 0 aliphatic rings. The van der Waals surface area contributed by atoms with Crippen molar-refractivity contribution in [2.45, 2.75) is 0 Å². The maximum atomic E-state index is 9.43. The molecule has 3 aromatic rings. The Morgan fingerprint density at radius 3 is 2.58 bits per heavy atom. The Morgan fingerprint density at radius 2 is 1.88 bits per heavy atom. The SMILES string of the molecule is N#CC(=CNc1cccc(Br)c1)c1nc(-c2cccc(Br)c2)cs1. The first-order valence-electron chi connectivity index (χ1n) is 7.00. The van der Waals surface area contributed by atoms with E-state index in [0.717, 1.165) is 25.9 Å². The molecule has 0 atom stereocenters. The summed E-state index contributed by atoms with van der Waals surface area (Å²) in [6.07, 6.45) is 1.69. The van der Waals surface area contributed by atoms with Crippen LogP contribution >= 0.6 is 43.2 Å². The average molecular weight is 461 g/mol. The molecular formula is C18H11Br2N3S. The number of halogens is 2. The Morgan fingerprint density at radius 1 is 1.12 bits per heavy atom. The van der Waals surface area contributed by atoms with Crippen molar-refractivity contribution in [2.75, 3.05) is 5.32 Å². The summed E-state index contributed by atoms with van der Waals surface area (Å²) < 4.78 is 1.98. The third kappa shape index (κ3) is 4.12. The molecule has 118 valence electrons. The van der Waals surface area contributed by atoms with E-state index < -0.39 is 0 Å². The van der Waals surface area contributed by atoms with Crippen molar-refractivity contribution in [2.24, 2.45) is 0 Å². The van der Waals surface area contributed by atoms with Crippen molar-refractivity contribution in [3.8, 4) is 17.3 Å². The summed E-state index contributed by atoms with van der Waals surface area (Å²) in [5.74, 6) is 0. The van der Waals surface area contributed by atoms with Gasteiger partial charge in [-0.1, -0.05) is 50.1 Å². The minimum Gasteiger partial charge on any atom is -0.360 e. The molecule has 0 fully saturated rings. The van der Waals surface area contributed by atoms with Crippen LogP contribution in [0, 0.1) is 11.3 Å². The third-order valence-corrected chi connectivity index (χ3v) is 5.05. The van der Waals surface area contributed by atoms with Gasteiger partial charge >= 0.3 is 0 Å². The minimum atomic E-state index is 0.501. The van der Waals surface area contributed by atoms with Crippen molar-refractivity contribution in [3.63, 3.8) is 0 Å². The van der Waals surface area contributed by atoms with Gasteiger partial charge in [0, 0.05) is 31.8 Å². The summed E-state index contributed by atoms with van der Waals surface area (Å²) in [7, 11) is 0. The van der Waals surface area contributed by atoms with Crippen LogP contribution in [0.4, 0.5) is 5.69 Å². The minimum absolute atomic E-state index is 0.501. The fourth-order valence-electron chi connectivity index (χ4n) is 2.05. The van der Waals surface area contributed by atoms with Crippen molar-refractivity contribution >= 4 is 54.5 Å². The van der Waals surface area contributed by atoms with Crippen LogP contribution < -0.4 is 5.32 Å². The topological polar surface area (TPSA) is 48.7 Å². The molecule has 6 heteroatoms. The van der Waals surface area contributed by atoms with E-state index in [1.165, 1.54) is 11.3 Å². The van der Waals surface area contributed by atoms with Crippen molar-refractivity contribution in [1.82, 2.24) is 4.98 Å². The van der Waals surface area contributed by atoms with Crippen LogP contribution in [0.15, 0.2) is 69.1 Å². The summed E-state index contributed by atoms with van der Waals surface area (Å²) >= 11 is 8.34. The highest BCUT2D eigenvalue weighted by Crippen LogP contribution is 2.27. The van der Waals surface area contributed by atoms with Gasteiger partial charge in [-0.25, -0.2) is 4.98 Å². The number of allylic oxidation sites excluding steroid dienone is 1. The van der Waals surface area contributed by atoms with E-state index in [0.29, 0.717) is 10.6 Å². The van der Waals surface area contributed by atoms with E-state index in [-0.39, 0.29) is 0 Å². The molecule has 0 amide bonds. The lowest BCUT2D eigenvalue weighted by molar-refractivity contribution is 1.36. The lowest BCUT2D eigenvalue weighted by Crippen LogP contribution is -1.91. The summed E-state index contributed by atoms with van der Waals surface area (Å²) in [4.78, 5) is 4.58. The first-order valence-corrected chi connectivity index (χ1v) is 9.46. The van der Waals surface area contributed by atoms with Gasteiger partial charge in [-0.15, -0.1) is 11.3 Å². The van der Waals surface area contributed by atoms with Gasteiger partial charge in [-0.05, 0) is 30.3 Å². The van der Waals surface area contributed by atoms with Gasteiger partial charge in [0.2, 0.25) is 0 Å². The maximum absolute atomic E-state index is 9.43. The molecule has 3 rings (SSSR count). The Bertz CT molecular complexity index is 941. The molecule has 24 heavy (non-hydrogen) atoms. The third-order valence-electron chi connectivity index (χ3n) is 3.18. The van der Waals surface area contributed by atoms with Gasteiger partial charge in [-0.2, -0.15) is 5.26 Å². The van der Waals surface area contributed by atoms with Gasteiger partial charge in [0.05, 0.1) is 5.69 Å². The highest BCUT2D eigenvalue weighted by atomic mass is 79.9. The highest BCUT2D eigenvalue weighted by Gasteiger charge is 2.09. The van der Waals surface area contributed by atoms with Crippen molar-refractivity contribution in [3.05, 3.63) is 74.1 Å². The van der Waals surface area contributed by atoms with Crippen LogP contribution in [0.5, 0.6) is 0 Å². The zero-order valence-electron chi connectivity index (χ0n) is 12.3. The summed E-state index contributed by atoms with van der Waals surface area (Å²) in [5.41, 5.74) is 3.28. The largest absolute Gasteiger partial charge is 0.360 e. The number of hydrogen-bond donors (Lipinski definition) is 1. The van der Waals surface area contributed by atoms with E-state index in [1.54, 1.807) is 6.20 Å². The number of anilines is 1. The zero-order valence-corrected chi connectivity index (χ0v) is 16.3. The Hall–Kier alpha value is -1.94. The first-order chi connectivity index (χ1) is 11.7. The molecular weight excluding hydrogens is 450 g/mol. The van der Waals surface area contributed by atoms with E-state index in [4.69, 9.17) is 0 Å². The predicted molar refractivity (Wildman–Crippen MR) is 107 cm³/mol. The Balaban J connectivity index is 1.84. The van der Waals surface area contributed by atoms with E-state index in [1.807, 2.05) is 53.9 Å². The molecule has 0 radical (unpaired) electrons. The quantitative estimate of drug-likeness (QED) is 0.464. The number of rotatable bonds is 4. The number of nitrogens with zero attached hydrogens (tertiary/aromatic N) is 2. The number of thiazole rings is 1. The first kappa shape index (κ1) is 16.9. The molecule has 0 aliphatic heterocycles. The van der Waals surface area contributed by atoms with Gasteiger partial charge < -0.3 is 5.32 Å². The number of benzene rings is 2. The molecule has 0 bridgehead atoms. The number of nitrogens with one attached hydrogen (secondary N) is 1. The Labute approximate surface area is 160 Å². The zero-order chi connectivity index (χ0) is 16.9. The molecule has 0 saturated heterocycles. The lowest BCUT2D eigenvalue weighted by Gasteiger charge is -2.01. The molecule has 2 aromatic carbocycles. The molecule has 0 spiro atoms. The molecule has 0 aliphatic carbocycles. The van der Waals surface area contributed by atoms with Crippen molar-refractivity contribution < 1.29 is 0 Å². The molecule has 0 unspecified atom stereocenters. The number of nitriles is 1. The fraction of sp³-hybridized carbons (Fsp3) is 0. The molecule has 1 heterocycles. The molecule has 0 saturated carbocycles. The van der Waals surface area contributed by atoms with E-state index in [9.17, 15) is 5.26 Å². The average Bonchev–Trinajstić information content (AvgIpc) is 3.05. The summed E-state index contributed by atoms with van der Waals surface area (Å²) in [6, 6.07) is 17.9. The molecule has 1 aromatic heterocycles. The molecule has 1 N–H and O–H groups in total. The second-order valence-electron chi connectivity index (χ2n) is 4.87. The van der Waals surface area contributed by atoms with Crippen molar-refractivity contribution in [1.29, 1.82) is 5.26 Å². The second kappa shape index (κ2) is 7.75. The Kier molecular flexibility index (Phi) is 5.46. The smallest absolute Gasteiger partial charge is 0.136 e. The standard InChI is InChI=1S/C18H11Br2N3S/c19-14-4-1-3-12(7-14)17-11-24-18(23-17)13(9-21)10-22-16-6-2-5-15(20)8-16/h1-8,10-11,22H. The van der Waals surface area contributed by atoms with Crippen LogP contribution in [0.1, 0.15) is 5.01 Å². The predicted octanol–water partition coefficient (Wildman–Crippen LogP) is 6.31. The monoisotopic (exact) mass is 459 g/mol. The molecule has 3 nitrogen and oxygen atoms in total. The number of hydrogen-bond acceptors (Lipinski definition) is 4. The van der Waals surface area contributed by atoms with Gasteiger partial charge in [0.15, 0.2) is 0 Å². The fourth-order valence-corrected chi connectivity index (χ4v) is 3.65. The maximum Gasteiger partial charge on any atom is 0.136 e. The van der Waals surface area contributed by atoms with E-state index in [2.05, 4.69) is 48.2 Å². The normalized spacial score (nSPS) is 11.1. The van der Waals surface area contributed by atoms with Gasteiger partial charge in [-0.3, -0.25) is 0 Å². The van der Waals surface area contributed by atoms with Crippen LogP contribution in [0.2, 0.25) is 0 Å². The van der Waals surface area contributed by atoms with E-state index >= 15 is 0 Å². The van der Waals surface area contributed by atoms with Gasteiger partial charge in [0.1, 0.15) is 16.6 Å². The lowest BCUT2D eigenvalue weighted by atomic mass is 10.2. The van der Waals surface area contributed by atoms with Crippen LogP contribution in [0.25, 0.3) is 16.8 Å².